The maximum absolute atomic E-state index is 12.3. The fraction of sp³-hybridized carbons (Fsp3) is 0.900. The molecule has 0 aliphatic carbocycles. The number of carboxylic acid groups (broad SMARTS) is 1. The molecule has 0 amide bonds. The van der Waals surface area contributed by atoms with Crippen LogP contribution in [0.1, 0.15) is 26.7 Å². The molecular formula is C10H18F3NO3. The lowest BCUT2D eigenvalue weighted by Crippen LogP contribution is -2.44. The molecule has 4 nitrogen and oxygen atoms in total. The number of aliphatic hydroxyl groups is 1. The highest BCUT2D eigenvalue weighted by molar-refractivity contribution is 5.71. The van der Waals surface area contributed by atoms with Gasteiger partial charge in [0.05, 0.1) is 5.60 Å². The highest BCUT2D eigenvalue weighted by Gasteiger charge is 2.44. The highest BCUT2D eigenvalue weighted by atomic mass is 19.4. The van der Waals surface area contributed by atoms with Crippen LogP contribution in [0.2, 0.25) is 0 Å². The monoisotopic (exact) mass is 257 g/mol. The predicted molar refractivity (Wildman–Crippen MR) is 55.6 cm³/mol. The maximum atomic E-state index is 12.3. The normalized spacial score (nSPS) is 17.5. The van der Waals surface area contributed by atoms with E-state index < -0.39 is 30.2 Å². The standard InChI is InChI=1S/C10H18F3NO3/c1-3-4-9(2,17)6-14-5-7(8(15)16)10(11,12)13/h7,14,17H,3-6H2,1-2H3,(H,15,16). The van der Waals surface area contributed by atoms with Crippen LogP contribution in [0.15, 0.2) is 0 Å². The Morgan fingerprint density at radius 3 is 2.29 bits per heavy atom. The fourth-order valence-electron chi connectivity index (χ4n) is 1.46. The average molecular weight is 257 g/mol. The van der Waals surface area contributed by atoms with E-state index >= 15 is 0 Å². The van der Waals surface area contributed by atoms with Gasteiger partial charge >= 0.3 is 12.1 Å². The highest BCUT2D eigenvalue weighted by Crippen LogP contribution is 2.26. The van der Waals surface area contributed by atoms with Crippen molar-refractivity contribution in [3.05, 3.63) is 0 Å². The van der Waals surface area contributed by atoms with E-state index in [2.05, 4.69) is 5.32 Å². The first-order valence-corrected chi connectivity index (χ1v) is 5.33. The summed E-state index contributed by atoms with van der Waals surface area (Å²) in [6, 6.07) is 0. The Bertz CT molecular complexity index is 254. The Labute approximate surface area is 97.8 Å². The first kappa shape index (κ1) is 16.2. The van der Waals surface area contributed by atoms with Gasteiger partial charge in [0.2, 0.25) is 0 Å². The molecule has 0 rings (SSSR count). The number of hydrogen-bond donors (Lipinski definition) is 3. The molecule has 102 valence electrons. The van der Waals surface area contributed by atoms with Crippen LogP contribution < -0.4 is 5.32 Å². The summed E-state index contributed by atoms with van der Waals surface area (Å²) in [7, 11) is 0. The minimum Gasteiger partial charge on any atom is -0.481 e. The molecule has 0 aliphatic heterocycles. The van der Waals surface area contributed by atoms with E-state index in [1.807, 2.05) is 6.92 Å². The van der Waals surface area contributed by atoms with Gasteiger partial charge in [-0.05, 0) is 13.3 Å². The average Bonchev–Trinajstić information content (AvgIpc) is 2.09. The summed E-state index contributed by atoms with van der Waals surface area (Å²) in [4.78, 5) is 10.4. The summed E-state index contributed by atoms with van der Waals surface area (Å²) < 4.78 is 36.8. The molecule has 3 N–H and O–H groups in total. The molecule has 7 heteroatoms. The SMILES string of the molecule is CCCC(C)(O)CNCC(C(=O)O)C(F)(F)F. The van der Waals surface area contributed by atoms with Gasteiger partial charge in [-0.15, -0.1) is 0 Å². The molecule has 0 spiro atoms. The van der Waals surface area contributed by atoms with Crippen LogP contribution in [0.25, 0.3) is 0 Å². The number of alkyl halides is 3. The molecule has 0 bridgehead atoms. The zero-order valence-corrected chi connectivity index (χ0v) is 9.84. The van der Waals surface area contributed by atoms with E-state index in [0.29, 0.717) is 12.8 Å². The van der Waals surface area contributed by atoms with Crippen LogP contribution in [-0.2, 0) is 4.79 Å². The van der Waals surface area contributed by atoms with Crippen LogP contribution in [0.4, 0.5) is 13.2 Å². The summed E-state index contributed by atoms with van der Waals surface area (Å²) in [5, 5.41) is 20.4. The molecule has 0 aliphatic rings. The van der Waals surface area contributed by atoms with Gasteiger partial charge in [-0.25, -0.2) is 0 Å². The van der Waals surface area contributed by atoms with Crippen molar-refractivity contribution >= 4 is 5.97 Å². The summed E-state index contributed by atoms with van der Waals surface area (Å²) >= 11 is 0. The number of carbonyl (C=O) groups is 1. The van der Waals surface area contributed by atoms with Crippen molar-refractivity contribution in [2.75, 3.05) is 13.1 Å². The van der Waals surface area contributed by atoms with Crippen LogP contribution >= 0.6 is 0 Å². The van der Waals surface area contributed by atoms with Crippen LogP contribution in [0.3, 0.4) is 0 Å². The quantitative estimate of drug-likeness (QED) is 0.644. The fourth-order valence-corrected chi connectivity index (χ4v) is 1.46. The molecular weight excluding hydrogens is 239 g/mol. The van der Waals surface area contributed by atoms with Gasteiger partial charge in [-0.1, -0.05) is 13.3 Å². The zero-order chi connectivity index (χ0) is 13.7. The van der Waals surface area contributed by atoms with E-state index in [1.165, 1.54) is 6.92 Å². The van der Waals surface area contributed by atoms with Crippen molar-refractivity contribution in [2.24, 2.45) is 5.92 Å². The van der Waals surface area contributed by atoms with Gasteiger partial charge < -0.3 is 15.5 Å². The van der Waals surface area contributed by atoms with E-state index in [-0.39, 0.29) is 6.54 Å². The van der Waals surface area contributed by atoms with E-state index in [1.54, 1.807) is 0 Å². The number of hydrogen-bond acceptors (Lipinski definition) is 3. The lowest BCUT2D eigenvalue weighted by molar-refractivity contribution is -0.192. The van der Waals surface area contributed by atoms with Crippen LogP contribution in [0.5, 0.6) is 0 Å². The Balaban J connectivity index is 4.21. The lowest BCUT2D eigenvalue weighted by Gasteiger charge is -2.24. The summed E-state index contributed by atoms with van der Waals surface area (Å²) in [6.45, 7) is 2.52. The number of carboxylic acids is 1. The third-order valence-electron chi connectivity index (χ3n) is 2.34. The Hall–Kier alpha value is -0.820. The third kappa shape index (κ3) is 6.48. The van der Waals surface area contributed by atoms with Crippen molar-refractivity contribution in [1.29, 1.82) is 0 Å². The molecule has 0 aromatic rings. The van der Waals surface area contributed by atoms with E-state index in [4.69, 9.17) is 5.11 Å². The number of nitrogens with one attached hydrogen (secondary N) is 1. The third-order valence-corrected chi connectivity index (χ3v) is 2.34. The first-order valence-electron chi connectivity index (χ1n) is 5.33. The molecule has 0 saturated carbocycles. The van der Waals surface area contributed by atoms with Crippen LogP contribution in [-0.4, -0.2) is 41.0 Å². The Morgan fingerprint density at radius 2 is 1.94 bits per heavy atom. The topological polar surface area (TPSA) is 69.6 Å². The molecule has 2 atom stereocenters. The largest absolute Gasteiger partial charge is 0.481 e. The lowest BCUT2D eigenvalue weighted by atomic mass is 10.0. The zero-order valence-electron chi connectivity index (χ0n) is 9.84. The van der Waals surface area contributed by atoms with Gasteiger partial charge in [0.25, 0.3) is 0 Å². The number of halogens is 3. The Morgan fingerprint density at radius 1 is 1.41 bits per heavy atom. The molecule has 0 aromatic heterocycles. The Kier molecular flexibility index (Phi) is 5.91. The van der Waals surface area contributed by atoms with E-state index in [0.717, 1.165) is 0 Å². The van der Waals surface area contributed by atoms with Gasteiger partial charge in [0.1, 0.15) is 0 Å². The van der Waals surface area contributed by atoms with Crippen molar-refractivity contribution in [3.8, 4) is 0 Å². The second-order valence-corrected chi connectivity index (χ2v) is 4.31. The molecule has 0 radical (unpaired) electrons. The van der Waals surface area contributed by atoms with Gasteiger partial charge in [0.15, 0.2) is 5.92 Å². The molecule has 2 unspecified atom stereocenters. The summed E-state index contributed by atoms with van der Waals surface area (Å²) in [6.07, 6.45) is -3.66. The van der Waals surface area contributed by atoms with Crippen molar-refractivity contribution in [3.63, 3.8) is 0 Å². The van der Waals surface area contributed by atoms with Crippen molar-refractivity contribution in [1.82, 2.24) is 5.32 Å². The van der Waals surface area contributed by atoms with Gasteiger partial charge in [0, 0.05) is 13.1 Å². The smallest absolute Gasteiger partial charge is 0.403 e. The van der Waals surface area contributed by atoms with Gasteiger partial charge in [-0.2, -0.15) is 13.2 Å². The minimum absolute atomic E-state index is 0.0688. The minimum atomic E-state index is -4.78. The molecule has 17 heavy (non-hydrogen) atoms. The van der Waals surface area contributed by atoms with Crippen molar-refractivity contribution in [2.45, 2.75) is 38.5 Å². The maximum Gasteiger partial charge on any atom is 0.403 e. The second kappa shape index (κ2) is 6.20. The first-order chi connectivity index (χ1) is 7.60. The predicted octanol–water partition coefficient (Wildman–Crippen LogP) is 1.39. The van der Waals surface area contributed by atoms with Gasteiger partial charge in [-0.3, -0.25) is 4.79 Å². The number of rotatable bonds is 7. The molecule has 0 fully saturated rings. The number of aliphatic carboxylic acids is 1. The summed E-state index contributed by atoms with van der Waals surface area (Å²) in [5.74, 6) is -4.36. The van der Waals surface area contributed by atoms with Crippen molar-refractivity contribution < 1.29 is 28.2 Å². The van der Waals surface area contributed by atoms with E-state index in [9.17, 15) is 23.1 Å². The molecule has 0 saturated heterocycles. The molecule has 0 heterocycles. The van der Waals surface area contributed by atoms with Crippen LogP contribution in [0, 0.1) is 5.92 Å². The summed E-state index contributed by atoms with van der Waals surface area (Å²) in [5.41, 5.74) is -1.12. The molecule has 0 aromatic carbocycles. The second-order valence-electron chi connectivity index (χ2n) is 4.31.